The fourth-order valence-electron chi connectivity index (χ4n) is 12.9. The number of esters is 4. The highest BCUT2D eigenvalue weighted by molar-refractivity contribution is 7.47. The second-order valence-electron chi connectivity index (χ2n) is 30.1. The molecule has 0 aliphatic rings. The number of unbranched alkanes of at least 4 members (excludes halogenated alkanes) is 54. The first-order valence-corrected chi connectivity index (χ1v) is 46.2. The van der Waals surface area contributed by atoms with E-state index in [-0.39, 0.29) is 25.7 Å². The highest BCUT2D eigenvalue weighted by Gasteiger charge is 2.30. The molecule has 0 heterocycles. The fraction of sp³-hybridized carbons (Fsp3) is 0.952. The topological polar surface area (TPSA) is 237 Å². The molecule has 0 aromatic carbocycles. The van der Waals surface area contributed by atoms with E-state index in [2.05, 4.69) is 34.6 Å². The molecule has 0 bridgehead atoms. The van der Waals surface area contributed by atoms with Gasteiger partial charge in [-0.3, -0.25) is 37.3 Å². The SMILES string of the molecule is CCCCCCCCCCCCCCCCCCCCC(=O)OC[C@H](COP(=O)(O)OC[C@@H](O)COP(=O)(O)OC[C@@H](COC(=O)CCCCCCCCCCCCC)OC(=O)CCCCCCCCCCCCCCCCC)OC(=O)CCCCCCCCCCCCCCCCC(C)CC. The van der Waals surface area contributed by atoms with Crippen LogP contribution in [-0.2, 0) is 65.4 Å². The summed E-state index contributed by atoms with van der Waals surface area (Å²) < 4.78 is 68.8. The largest absolute Gasteiger partial charge is 0.472 e. The van der Waals surface area contributed by atoms with Crippen molar-refractivity contribution in [2.24, 2.45) is 5.92 Å². The van der Waals surface area contributed by atoms with E-state index in [1.165, 1.54) is 270 Å². The fourth-order valence-corrected chi connectivity index (χ4v) is 14.5. The van der Waals surface area contributed by atoms with E-state index < -0.39 is 97.5 Å². The van der Waals surface area contributed by atoms with E-state index in [1.807, 2.05) is 0 Å². The second kappa shape index (κ2) is 75.9. The Kier molecular flexibility index (Phi) is 74.4. The van der Waals surface area contributed by atoms with Crippen molar-refractivity contribution in [2.45, 2.75) is 464 Å². The van der Waals surface area contributed by atoms with E-state index in [1.54, 1.807) is 0 Å². The molecule has 0 aliphatic carbocycles. The second-order valence-corrected chi connectivity index (χ2v) is 33.0. The predicted molar refractivity (Wildman–Crippen MR) is 418 cm³/mol. The molecule has 0 aliphatic heterocycles. The third-order valence-electron chi connectivity index (χ3n) is 19.9. The summed E-state index contributed by atoms with van der Waals surface area (Å²) in [6, 6.07) is 0. The first-order chi connectivity index (χ1) is 49.6. The standard InChI is InChI=1S/C83H162O17P2/c1-6-10-13-16-19-22-25-27-29-30-31-33-37-42-47-52-57-62-67-81(86)94-73-79(100-83(88)69-64-59-54-49-44-39-35-34-36-41-45-50-55-60-65-76(5)9-4)75-98-102(91,92)96-71-77(84)70-95-101(89,90)97-74-78(72-93-80(85)66-61-56-51-46-40-24-21-18-15-12-8-3)99-82(87)68-63-58-53-48-43-38-32-28-26-23-20-17-14-11-7-2/h76-79,84H,6-75H2,1-5H3,(H,89,90)(H,91,92)/t76?,77-,78+,79+/m0/s1. The van der Waals surface area contributed by atoms with Crippen molar-refractivity contribution in [3.8, 4) is 0 Å². The van der Waals surface area contributed by atoms with Crippen LogP contribution in [0.15, 0.2) is 0 Å². The van der Waals surface area contributed by atoms with Crippen molar-refractivity contribution in [3.05, 3.63) is 0 Å². The lowest BCUT2D eigenvalue weighted by atomic mass is 9.99. The van der Waals surface area contributed by atoms with Crippen LogP contribution in [0.4, 0.5) is 0 Å². The Morgan fingerprint density at radius 1 is 0.275 bits per heavy atom. The van der Waals surface area contributed by atoms with Crippen LogP contribution in [0.3, 0.4) is 0 Å². The molecule has 606 valence electrons. The van der Waals surface area contributed by atoms with Crippen molar-refractivity contribution in [2.75, 3.05) is 39.6 Å². The van der Waals surface area contributed by atoms with Gasteiger partial charge >= 0.3 is 39.5 Å². The first-order valence-electron chi connectivity index (χ1n) is 43.2. The molecule has 3 unspecified atom stereocenters. The molecule has 0 aromatic heterocycles. The van der Waals surface area contributed by atoms with E-state index >= 15 is 0 Å². The molecular weight excluding hydrogens is 1330 g/mol. The summed E-state index contributed by atoms with van der Waals surface area (Å²) in [6.45, 7) is 7.40. The number of rotatable bonds is 83. The Morgan fingerprint density at radius 2 is 0.471 bits per heavy atom. The molecule has 0 rings (SSSR count). The van der Waals surface area contributed by atoms with E-state index in [9.17, 15) is 43.2 Å². The smallest absolute Gasteiger partial charge is 0.462 e. The number of hydrogen-bond donors (Lipinski definition) is 3. The maximum Gasteiger partial charge on any atom is 0.472 e. The quantitative estimate of drug-likeness (QED) is 0.0222. The summed E-state index contributed by atoms with van der Waals surface area (Å²) >= 11 is 0. The normalized spacial score (nSPS) is 14.1. The molecule has 0 saturated heterocycles. The maximum atomic E-state index is 13.1. The lowest BCUT2D eigenvalue weighted by molar-refractivity contribution is -0.161. The number of aliphatic hydroxyl groups is 1. The molecule has 0 fully saturated rings. The van der Waals surface area contributed by atoms with Gasteiger partial charge in [0, 0.05) is 25.7 Å². The van der Waals surface area contributed by atoms with Gasteiger partial charge in [0.2, 0.25) is 0 Å². The summed E-state index contributed by atoms with van der Waals surface area (Å²) in [4.78, 5) is 73.1. The maximum absolute atomic E-state index is 13.1. The molecule has 6 atom stereocenters. The minimum absolute atomic E-state index is 0.109. The number of carbonyl (C=O) groups excluding carboxylic acids is 4. The minimum Gasteiger partial charge on any atom is -0.462 e. The van der Waals surface area contributed by atoms with Gasteiger partial charge in [-0.25, -0.2) is 9.13 Å². The van der Waals surface area contributed by atoms with E-state index in [0.717, 1.165) is 95.8 Å². The lowest BCUT2D eigenvalue weighted by Crippen LogP contribution is -2.30. The van der Waals surface area contributed by atoms with Gasteiger partial charge in [0.15, 0.2) is 12.2 Å². The van der Waals surface area contributed by atoms with Crippen LogP contribution in [0, 0.1) is 5.92 Å². The highest BCUT2D eigenvalue weighted by Crippen LogP contribution is 2.45. The zero-order valence-electron chi connectivity index (χ0n) is 66.8. The predicted octanol–water partition coefficient (Wildman–Crippen LogP) is 25.2. The number of carbonyl (C=O) groups is 4. The van der Waals surface area contributed by atoms with Crippen molar-refractivity contribution in [1.29, 1.82) is 0 Å². The monoisotopic (exact) mass is 1490 g/mol. The molecule has 3 N–H and O–H groups in total. The molecule has 0 spiro atoms. The molecule has 0 aromatic rings. The number of phosphoric ester groups is 2. The van der Waals surface area contributed by atoms with Crippen LogP contribution in [0.5, 0.6) is 0 Å². The van der Waals surface area contributed by atoms with Crippen LogP contribution in [-0.4, -0.2) is 96.7 Å². The van der Waals surface area contributed by atoms with Gasteiger partial charge in [-0.15, -0.1) is 0 Å². The Labute approximate surface area is 626 Å². The van der Waals surface area contributed by atoms with Gasteiger partial charge in [0.05, 0.1) is 26.4 Å². The molecule has 0 amide bonds. The number of phosphoric acid groups is 2. The van der Waals surface area contributed by atoms with Crippen LogP contribution < -0.4 is 0 Å². The van der Waals surface area contributed by atoms with Gasteiger partial charge in [0.25, 0.3) is 0 Å². The van der Waals surface area contributed by atoms with Crippen molar-refractivity contribution in [3.63, 3.8) is 0 Å². The van der Waals surface area contributed by atoms with Gasteiger partial charge in [-0.05, 0) is 31.6 Å². The zero-order chi connectivity index (χ0) is 74.8. The van der Waals surface area contributed by atoms with E-state index in [4.69, 9.17) is 37.0 Å². The van der Waals surface area contributed by atoms with Crippen LogP contribution in [0.25, 0.3) is 0 Å². The van der Waals surface area contributed by atoms with Crippen LogP contribution in [0.1, 0.15) is 446 Å². The summed E-state index contributed by atoms with van der Waals surface area (Å²) in [5.74, 6) is -1.26. The Morgan fingerprint density at radius 3 is 0.696 bits per heavy atom. The van der Waals surface area contributed by atoms with Crippen molar-refractivity contribution < 1.29 is 80.2 Å². The van der Waals surface area contributed by atoms with Gasteiger partial charge in [0.1, 0.15) is 19.3 Å². The molecule has 0 radical (unpaired) electrons. The number of aliphatic hydroxyl groups excluding tert-OH is 1. The average molecular weight is 1490 g/mol. The first kappa shape index (κ1) is 100. The average Bonchev–Trinajstić information content (AvgIpc) is 0.934. The van der Waals surface area contributed by atoms with Crippen LogP contribution in [0.2, 0.25) is 0 Å². The van der Waals surface area contributed by atoms with Gasteiger partial charge in [-0.2, -0.15) is 0 Å². The number of ether oxygens (including phenoxy) is 4. The van der Waals surface area contributed by atoms with Crippen LogP contribution >= 0.6 is 15.6 Å². The Hall–Kier alpha value is -1.94. The minimum atomic E-state index is -4.96. The zero-order valence-corrected chi connectivity index (χ0v) is 68.5. The molecule has 17 nitrogen and oxygen atoms in total. The lowest BCUT2D eigenvalue weighted by Gasteiger charge is -2.21. The third kappa shape index (κ3) is 74.9. The Balaban J connectivity index is 5.25. The summed E-state index contributed by atoms with van der Waals surface area (Å²) in [5.41, 5.74) is 0. The van der Waals surface area contributed by atoms with Crippen molar-refractivity contribution >= 4 is 39.5 Å². The molecule has 102 heavy (non-hydrogen) atoms. The molecular formula is C83H162O17P2. The summed E-state index contributed by atoms with van der Waals surface area (Å²) in [5, 5.41) is 10.7. The highest BCUT2D eigenvalue weighted by atomic mass is 31.2. The Bertz CT molecular complexity index is 1950. The summed E-state index contributed by atoms with van der Waals surface area (Å²) in [7, 11) is -9.92. The third-order valence-corrected chi connectivity index (χ3v) is 21.8. The van der Waals surface area contributed by atoms with Gasteiger partial charge in [-0.1, -0.05) is 394 Å². The summed E-state index contributed by atoms with van der Waals surface area (Å²) in [6.07, 6.45) is 67.8. The molecule has 0 saturated carbocycles. The number of hydrogen-bond acceptors (Lipinski definition) is 15. The van der Waals surface area contributed by atoms with E-state index in [0.29, 0.717) is 25.7 Å². The molecule has 19 heteroatoms. The van der Waals surface area contributed by atoms with Crippen molar-refractivity contribution in [1.82, 2.24) is 0 Å². The van der Waals surface area contributed by atoms with Gasteiger partial charge < -0.3 is 33.8 Å².